The van der Waals surface area contributed by atoms with E-state index in [9.17, 15) is 5.26 Å². The van der Waals surface area contributed by atoms with Crippen LogP contribution < -0.4 is 5.26 Å². The van der Waals surface area contributed by atoms with Crippen LogP contribution in [0.5, 0.6) is 0 Å². The molecule has 0 atom stereocenters. The van der Waals surface area contributed by atoms with Gasteiger partial charge in [-0.05, 0) is 6.42 Å². The van der Waals surface area contributed by atoms with Crippen LogP contribution in [-0.4, -0.2) is 5.78 Å². The third-order valence-corrected chi connectivity index (χ3v) is 2.52. The maximum atomic E-state index is 9.93. The van der Waals surface area contributed by atoms with Gasteiger partial charge in [-0.1, -0.05) is 51.9 Å². The Balaban J connectivity index is 2.99. The smallest absolute Gasteiger partial charge is 0.326 e. The average molecular weight is 200 g/mol. The lowest BCUT2D eigenvalue weighted by atomic mass is 10.1. The first-order valence-corrected chi connectivity index (χ1v) is 5.93. The topological polar surface area (TPSA) is 34.4 Å². The molecule has 2 nitrogen and oxygen atoms in total. The highest BCUT2D eigenvalue weighted by Gasteiger charge is 2.01. The summed E-state index contributed by atoms with van der Waals surface area (Å²) in [7, 11) is 0. The Morgan fingerprint density at radius 2 is 1.43 bits per heavy atom. The van der Waals surface area contributed by atoms with Gasteiger partial charge in [-0.25, -0.2) is 0 Å². The molecule has 0 aromatic carbocycles. The molecule has 0 aliphatic rings. The summed E-state index contributed by atoms with van der Waals surface area (Å²) in [6.45, 7) is 4.00. The van der Waals surface area contributed by atoms with E-state index in [0.717, 1.165) is 12.8 Å². The van der Waals surface area contributed by atoms with Crippen LogP contribution in [0.4, 0.5) is 0 Å². The summed E-state index contributed by atoms with van der Waals surface area (Å²) in [6.07, 6.45) is 11.2. The van der Waals surface area contributed by atoms with E-state index < -0.39 is 0 Å². The van der Waals surface area contributed by atoms with Gasteiger partial charge in [0, 0.05) is 0 Å². The zero-order valence-electron chi connectivity index (χ0n) is 9.68. The highest BCUT2D eigenvalue weighted by molar-refractivity contribution is 5.75. The van der Waals surface area contributed by atoms with Crippen molar-refractivity contribution in [3.63, 3.8) is 0 Å². The molecule has 0 aromatic heterocycles. The second-order valence-electron chi connectivity index (χ2n) is 4.01. The predicted octanol–water partition coefficient (Wildman–Crippen LogP) is 2.92. The summed E-state index contributed by atoms with van der Waals surface area (Å²) < 4.78 is 3.88. The minimum atomic E-state index is 0.621. The summed E-state index contributed by atoms with van der Waals surface area (Å²) in [5, 5.41) is 9.93. The van der Waals surface area contributed by atoms with Crippen molar-refractivity contribution in [2.45, 2.75) is 71.6 Å². The van der Waals surface area contributed by atoms with Gasteiger partial charge in [0.25, 0.3) is 0 Å². The second-order valence-corrected chi connectivity index (χ2v) is 4.01. The van der Waals surface area contributed by atoms with E-state index in [4.69, 9.17) is 0 Å². The summed E-state index contributed by atoms with van der Waals surface area (Å²) in [5.74, 6) is 0.621. The Morgan fingerprint density at radius 1 is 0.929 bits per heavy atom. The number of unbranched alkanes of at least 4 members (excludes halogenated alkanes) is 7. The Bertz CT molecular complexity index is 141. The van der Waals surface area contributed by atoms with Gasteiger partial charge >= 0.3 is 5.78 Å². The van der Waals surface area contributed by atoms with E-state index in [1.807, 2.05) is 0 Å². The normalized spacial score (nSPS) is 12.0. The maximum Gasteiger partial charge on any atom is 0.326 e. The van der Waals surface area contributed by atoms with Crippen molar-refractivity contribution in [2.24, 2.45) is 0 Å². The zero-order chi connectivity index (χ0) is 10.6. The van der Waals surface area contributed by atoms with Gasteiger partial charge in [-0.15, -0.1) is 0 Å². The zero-order valence-corrected chi connectivity index (χ0v) is 9.68. The highest BCUT2D eigenvalue weighted by atomic mass is 17.1. The highest BCUT2D eigenvalue weighted by Crippen LogP contribution is 2.09. The van der Waals surface area contributed by atoms with Crippen molar-refractivity contribution in [3.8, 4) is 0 Å². The molecule has 0 aliphatic carbocycles. The fraction of sp³-hybridized carbons (Fsp3) is 0.917. The fourth-order valence-corrected chi connectivity index (χ4v) is 1.55. The molecule has 2 heteroatoms. The van der Waals surface area contributed by atoms with Crippen LogP contribution in [0.25, 0.3) is 0 Å². The van der Waals surface area contributed by atoms with E-state index in [0.29, 0.717) is 5.78 Å². The van der Waals surface area contributed by atoms with Crippen LogP contribution in [0, 0.1) is 0 Å². The molecule has 0 fully saturated rings. The first kappa shape index (κ1) is 13.5. The lowest BCUT2D eigenvalue weighted by molar-refractivity contribution is -1.05. The summed E-state index contributed by atoms with van der Waals surface area (Å²) in [6, 6.07) is 0. The largest absolute Gasteiger partial charge is 0.463 e. The van der Waals surface area contributed by atoms with Crippen LogP contribution in [0.3, 0.4) is 0 Å². The van der Waals surface area contributed by atoms with Crippen molar-refractivity contribution in [3.05, 3.63) is 0 Å². The molecule has 0 saturated carbocycles. The van der Waals surface area contributed by atoms with Crippen molar-refractivity contribution >= 4 is 5.78 Å². The van der Waals surface area contributed by atoms with E-state index in [2.05, 4.69) is 11.5 Å². The van der Waals surface area contributed by atoms with E-state index in [1.165, 1.54) is 44.9 Å². The van der Waals surface area contributed by atoms with Crippen LogP contribution in [0.2, 0.25) is 0 Å². The molecule has 14 heavy (non-hydrogen) atoms. The molecule has 0 spiro atoms. The summed E-state index contributed by atoms with van der Waals surface area (Å²) in [5.41, 5.74) is 0. The van der Waals surface area contributed by atoms with Crippen molar-refractivity contribution in [1.29, 1.82) is 0 Å². The predicted molar refractivity (Wildman–Crippen MR) is 57.9 cm³/mol. The maximum absolute atomic E-state index is 9.93. The molecule has 0 bridgehead atoms. The minimum Gasteiger partial charge on any atom is -0.463 e. The lowest BCUT2D eigenvalue weighted by Crippen LogP contribution is -2.05. The van der Waals surface area contributed by atoms with E-state index in [1.54, 1.807) is 6.92 Å². The third-order valence-electron chi connectivity index (χ3n) is 2.52. The minimum absolute atomic E-state index is 0.621. The van der Waals surface area contributed by atoms with E-state index >= 15 is 0 Å². The fourth-order valence-electron chi connectivity index (χ4n) is 1.55. The molecule has 0 radical (unpaired) electrons. The number of ketones is 1. The molecule has 0 aromatic rings. The van der Waals surface area contributed by atoms with Crippen LogP contribution >= 0.6 is 0 Å². The quantitative estimate of drug-likeness (QED) is 0.244. The molecule has 0 unspecified atom stereocenters. The van der Waals surface area contributed by atoms with Gasteiger partial charge in [-0.2, -0.15) is 4.58 Å². The van der Waals surface area contributed by atoms with Gasteiger partial charge in [0.1, 0.15) is 0 Å². The van der Waals surface area contributed by atoms with Crippen LogP contribution in [-0.2, 0) is 4.58 Å². The number of hydrogen-bond acceptors (Lipinski definition) is 1. The van der Waals surface area contributed by atoms with E-state index in [-0.39, 0.29) is 0 Å². The molecule has 0 N–H and O–H groups in total. The monoisotopic (exact) mass is 200 g/mol. The Morgan fingerprint density at radius 3 is 1.93 bits per heavy atom. The van der Waals surface area contributed by atoms with Gasteiger partial charge in [0.2, 0.25) is 0 Å². The Labute approximate surface area is 88.0 Å². The Kier molecular flexibility index (Phi) is 10.2. The van der Waals surface area contributed by atoms with Crippen molar-refractivity contribution < 1.29 is 9.83 Å². The Hall–Kier alpha value is -0.530. The molecule has 0 saturated heterocycles. The lowest BCUT2D eigenvalue weighted by Gasteiger charge is -1.99. The molecule has 0 amide bonds. The number of carbonyl (C=O) groups excluding carboxylic acids is 1. The molecule has 0 heterocycles. The second kappa shape index (κ2) is 10.6. The molecule has 84 valence electrons. The molecule has 0 rings (SSSR count). The first-order valence-electron chi connectivity index (χ1n) is 5.93. The molecule has 0 aliphatic heterocycles. The van der Waals surface area contributed by atoms with Gasteiger partial charge in [-0.3, -0.25) is 0 Å². The van der Waals surface area contributed by atoms with Crippen molar-refractivity contribution in [1.82, 2.24) is 0 Å². The third kappa shape index (κ3) is 9.56. The standard InChI is InChI=1S/C12H24O2/c1-3-4-5-6-7-8-9-10-11-12(2)14-13/h3-11H2,1-2H3. The molecular weight excluding hydrogens is 176 g/mol. The summed E-state index contributed by atoms with van der Waals surface area (Å²) >= 11 is 0. The number of rotatable bonds is 9. The summed E-state index contributed by atoms with van der Waals surface area (Å²) in [4.78, 5) is 0. The van der Waals surface area contributed by atoms with Gasteiger partial charge in [0.05, 0.1) is 13.3 Å². The van der Waals surface area contributed by atoms with Gasteiger partial charge in [0.15, 0.2) is 0 Å². The molecular formula is C12H24O2. The average Bonchev–Trinajstić information content (AvgIpc) is 2.21. The van der Waals surface area contributed by atoms with Crippen LogP contribution in [0.1, 0.15) is 71.6 Å². The SMILES string of the molecule is CCCCCCCCCCC(C)=[O+][O-]. The van der Waals surface area contributed by atoms with Crippen molar-refractivity contribution in [2.75, 3.05) is 0 Å². The number of hydrogen-bond donors (Lipinski definition) is 0. The van der Waals surface area contributed by atoms with Gasteiger partial charge < -0.3 is 5.26 Å². The van der Waals surface area contributed by atoms with Crippen LogP contribution in [0.15, 0.2) is 0 Å². The first-order chi connectivity index (χ1) is 6.81.